The highest BCUT2D eigenvalue weighted by Gasteiger charge is 2.24. The van der Waals surface area contributed by atoms with Crippen LogP contribution in [0.3, 0.4) is 0 Å². The topological polar surface area (TPSA) is 110 Å². The van der Waals surface area contributed by atoms with Crippen molar-refractivity contribution in [2.24, 2.45) is 0 Å². The second-order valence-electron chi connectivity index (χ2n) is 8.55. The summed E-state index contributed by atoms with van der Waals surface area (Å²) in [5.41, 5.74) is 2.53. The van der Waals surface area contributed by atoms with Crippen molar-refractivity contribution in [3.63, 3.8) is 0 Å². The van der Waals surface area contributed by atoms with Crippen molar-refractivity contribution in [1.29, 1.82) is 0 Å². The second kappa shape index (κ2) is 12.9. The molecule has 0 bridgehead atoms. The Kier molecular flexibility index (Phi) is 10.4. The van der Waals surface area contributed by atoms with E-state index in [4.69, 9.17) is 21.1 Å². The minimum absolute atomic E-state index is 0.0854. The van der Waals surface area contributed by atoms with Gasteiger partial charge in [-0.3, -0.25) is 0 Å². The van der Waals surface area contributed by atoms with Crippen LogP contribution in [0, 0.1) is 7.27 Å². The van der Waals surface area contributed by atoms with E-state index >= 15 is 0 Å². The molecule has 0 aliphatic carbocycles. The van der Waals surface area contributed by atoms with Gasteiger partial charge >= 0.3 is 0 Å². The molecule has 0 fully saturated rings. The summed E-state index contributed by atoms with van der Waals surface area (Å²) in [5, 5.41) is 37.2. The van der Waals surface area contributed by atoms with E-state index < -0.39 is 12.2 Å². The molecule has 3 rings (SSSR count). The molecule has 35 heavy (non-hydrogen) atoms. The zero-order valence-corrected chi connectivity index (χ0v) is 24.4. The van der Waals surface area contributed by atoms with Crippen molar-refractivity contribution in [1.82, 2.24) is 15.0 Å². The van der Waals surface area contributed by atoms with Crippen LogP contribution in [-0.2, 0) is 18.6 Å². The van der Waals surface area contributed by atoms with Crippen LogP contribution in [0.2, 0.25) is 0 Å². The Hall–Kier alpha value is -1.19. The summed E-state index contributed by atoms with van der Waals surface area (Å²) in [6.07, 6.45) is -1.50. The van der Waals surface area contributed by atoms with Crippen LogP contribution in [0.4, 0.5) is 0 Å². The molecule has 8 nitrogen and oxygen atoms in total. The van der Waals surface area contributed by atoms with Crippen molar-refractivity contribution < 1.29 is 24.8 Å². The molecule has 0 saturated heterocycles. The van der Waals surface area contributed by atoms with E-state index in [0.29, 0.717) is 20.9 Å². The van der Waals surface area contributed by atoms with E-state index in [1.165, 1.54) is 4.68 Å². The summed E-state index contributed by atoms with van der Waals surface area (Å²) in [7, 11) is 0. The maximum absolute atomic E-state index is 10.3. The van der Waals surface area contributed by atoms with E-state index in [9.17, 15) is 15.3 Å². The highest BCUT2D eigenvalue weighted by atomic mass is 127. The molecule has 0 spiro atoms. The minimum Gasteiger partial charge on any atom is -0.491 e. The first kappa shape index (κ1) is 28.4. The zero-order chi connectivity index (χ0) is 25.6. The predicted octanol–water partition coefficient (Wildman–Crippen LogP) is 3.72. The normalized spacial score (nSPS) is 13.5. The van der Waals surface area contributed by atoms with Crippen LogP contribution in [-0.4, -0.2) is 61.6 Å². The lowest BCUT2D eigenvalue weighted by atomic mass is 9.78. The summed E-state index contributed by atoms with van der Waals surface area (Å²) in [6.45, 7) is 4.52. The summed E-state index contributed by atoms with van der Waals surface area (Å²) < 4.78 is 14.5. The van der Waals surface area contributed by atoms with E-state index in [1.807, 2.05) is 59.0 Å². The number of aromatic nitrogens is 3. The van der Waals surface area contributed by atoms with Crippen molar-refractivity contribution in [3.05, 3.63) is 66.6 Å². The highest BCUT2D eigenvalue weighted by molar-refractivity contribution is 14.1. The lowest BCUT2D eigenvalue weighted by Gasteiger charge is -2.27. The molecule has 0 aliphatic rings. The minimum atomic E-state index is -0.803. The quantitative estimate of drug-likeness (QED) is 0.193. The Morgan fingerprint density at radius 1 is 1.00 bits per heavy atom. The van der Waals surface area contributed by atoms with E-state index in [1.54, 1.807) is 0 Å². The molecule has 1 heterocycles. The SMILES string of the molecule is CC(C)(c1ccc(OC[C@H](O)Cn2nnc(I)c2CO)cc1)c1ccc(OC[C@H](O)CCl)c(I)c1. The molecule has 2 aromatic carbocycles. The monoisotopic (exact) mass is 727 g/mol. The van der Waals surface area contributed by atoms with E-state index in [2.05, 4.69) is 52.8 Å². The van der Waals surface area contributed by atoms with Gasteiger partial charge in [0.05, 0.1) is 28.3 Å². The van der Waals surface area contributed by atoms with Gasteiger partial charge < -0.3 is 24.8 Å². The van der Waals surface area contributed by atoms with Crippen molar-refractivity contribution in [2.45, 2.75) is 44.6 Å². The first-order valence-electron chi connectivity index (χ1n) is 10.9. The van der Waals surface area contributed by atoms with Gasteiger partial charge in [-0.05, 0) is 80.6 Å². The van der Waals surface area contributed by atoms with Gasteiger partial charge in [0.15, 0.2) is 0 Å². The molecule has 1 aromatic heterocycles. The number of hydrogen-bond donors (Lipinski definition) is 3. The summed E-state index contributed by atoms with van der Waals surface area (Å²) in [5.74, 6) is 1.49. The number of halogens is 3. The third kappa shape index (κ3) is 7.41. The van der Waals surface area contributed by atoms with Gasteiger partial charge in [0.25, 0.3) is 0 Å². The third-order valence-corrected chi connectivity index (χ3v) is 7.64. The fraction of sp³-hybridized carbons (Fsp3) is 0.417. The third-order valence-electron chi connectivity index (χ3n) is 5.60. The van der Waals surface area contributed by atoms with Gasteiger partial charge in [0.2, 0.25) is 0 Å². The molecular weight excluding hydrogens is 700 g/mol. The first-order chi connectivity index (χ1) is 16.6. The number of rotatable bonds is 12. The van der Waals surface area contributed by atoms with Crippen molar-refractivity contribution >= 4 is 56.8 Å². The van der Waals surface area contributed by atoms with Crippen LogP contribution >= 0.6 is 56.8 Å². The Bertz CT molecular complexity index is 1110. The first-order valence-corrected chi connectivity index (χ1v) is 13.6. The number of hydrogen-bond acceptors (Lipinski definition) is 7. The Balaban J connectivity index is 1.61. The molecule has 0 amide bonds. The summed E-state index contributed by atoms with van der Waals surface area (Å²) in [6, 6.07) is 13.8. The van der Waals surface area contributed by atoms with Crippen LogP contribution in [0.25, 0.3) is 0 Å². The van der Waals surface area contributed by atoms with Gasteiger partial charge in [-0.2, -0.15) is 0 Å². The number of nitrogens with zero attached hydrogens (tertiary/aromatic N) is 3. The number of aliphatic hydroxyl groups excluding tert-OH is 3. The highest BCUT2D eigenvalue weighted by Crippen LogP contribution is 2.35. The van der Waals surface area contributed by atoms with Gasteiger partial charge in [-0.1, -0.05) is 37.3 Å². The zero-order valence-electron chi connectivity index (χ0n) is 19.4. The van der Waals surface area contributed by atoms with E-state index in [-0.39, 0.29) is 37.7 Å². The fourth-order valence-corrected chi connectivity index (χ4v) is 4.73. The summed E-state index contributed by atoms with van der Waals surface area (Å²) in [4.78, 5) is 0. The Morgan fingerprint density at radius 2 is 1.66 bits per heavy atom. The van der Waals surface area contributed by atoms with Gasteiger partial charge in [0.1, 0.15) is 40.6 Å². The summed E-state index contributed by atoms with van der Waals surface area (Å²) >= 11 is 9.86. The molecule has 0 saturated carbocycles. The molecule has 0 aliphatic heterocycles. The average molecular weight is 728 g/mol. The number of benzene rings is 2. The largest absolute Gasteiger partial charge is 0.491 e. The number of ether oxygens (including phenoxy) is 2. The lowest BCUT2D eigenvalue weighted by Crippen LogP contribution is -2.25. The van der Waals surface area contributed by atoms with Gasteiger partial charge in [0, 0.05) is 5.41 Å². The Labute approximate surface area is 236 Å². The number of aliphatic hydroxyl groups is 3. The van der Waals surface area contributed by atoms with Crippen molar-refractivity contribution in [3.8, 4) is 11.5 Å². The molecule has 3 N–H and O–H groups in total. The van der Waals surface area contributed by atoms with Gasteiger partial charge in [-0.25, -0.2) is 4.68 Å². The molecule has 11 heteroatoms. The molecule has 190 valence electrons. The Morgan fingerprint density at radius 3 is 2.29 bits per heavy atom. The maximum Gasteiger partial charge on any atom is 0.149 e. The van der Waals surface area contributed by atoms with Crippen molar-refractivity contribution in [2.75, 3.05) is 19.1 Å². The molecular formula is C24H28ClI2N3O5. The van der Waals surface area contributed by atoms with Crippen LogP contribution < -0.4 is 9.47 Å². The smallest absolute Gasteiger partial charge is 0.149 e. The molecule has 0 unspecified atom stereocenters. The average Bonchev–Trinajstić information content (AvgIpc) is 3.20. The van der Waals surface area contributed by atoms with Gasteiger partial charge in [-0.15, -0.1) is 16.7 Å². The standard InChI is InChI=1S/C24H28ClI2N3O5/c1-24(2,16-5-8-22(20(26)9-16)35-13-17(32)10-25)15-3-6-19(7-4-15)34-14-18(33)11-30-21(12-31)23(27)28-29-30/h3-9,17-18,31-33H,10-14H2,1-2H3/t17-,18-/m1/s1. The molecule has 3 aromatic rings. The maximum atomic E-state index is 10.3. The van der Waals surface area contributed by atoms with E-state index in [0.717, 1.165) is 14.7 Å². The predicted molar refractivity (Wildman–Crippen MR) is 150 cm³/mol. The lowest BCUT2D eigenvalue weighted by molar-refractivity contribution is 0.0866. The second-order valence-corrected chi connectivity index (χ2v) is 11.0. The van der Waals surface area contributed by atoms with Crippen LogP contribution in [0.5, 0.6) is 11.5 Å². The van der Waals surface area contributed by atoms with Crippen LogP contribution in [0.1, 0.15) is 30.7 Å². The molecule has 0 radical (unpaired) electrons. The number of alkyl halides is 1. The molecule has 2 atom stereocenters. The van der Waals surface area contributed by atoms with Crippen LogP contribution in [0.15, 0.2) is 42.5 Å². The fourth-order valence-electron chi connectivity index (χ4n) is 3.42.